The van der Waals surface area contributed by atoms with E-state index >= 15 is 0 Å². The average molecular weight is 271 g/mol. The van der Waals surface area contributed by atoms with E-state index in [9.17, 15) is 4.79 Å². The van der Waals surface area contributed by atoms with Crippen molar-refractivity contribution in [3.8, 4) is 0 Å². The summed E-state index contributed by atoms with van der Waals surface area (Å²) in [5, 5.41) is 6.19. The second kappa shape index (κ2) is 8.95. The molecule has 102 valence electrons. The van der Waals surface area contributed by atoms with E-state index in [0.717, 1.165) is 12.1 Å². The predicted octanol–water partition coefficient (Wildman–Crippen LogP) is 2.07. The Labute approximate surface area is 116 Å². The first-order chi connectivity index (χ1) is 8.11. The third-order valence-corrected chi connectivity index (χ3v) is 2.64. The summed E-state index contributed by atoms with van der Waals surface area (Å²) in [6.45, 7) is 7.77. The molecule has 1 aromatic rings. The summed E-state index contributed by atoms with van der Waals surface area (Å²) in [6, 6.07) is 8.39. The summed E-state index contributed by atoms with van der Waals surface area (Å²) in [7, 11) is 0. The lowest BCUT2D eigenvalue weighted by Gasteiger charge is -2.13. The van der Waals surface area contributed by atoms with E-state index in [1.165, 1.54) is 5.56 Å². The lowest BCUT2D eigenvalue weighted by atomic mass is 10.1. The fraction of sp³-hybridized carbons (Fsp3) is 0.500. The first-order valence-electron chi connectivity index (χ1n) is 6.17. The molecule has 3 nitrogen and oxygen atoms in total. The highest BCUT2D eigenvalue weighted by molar-refractivity contribution is 5.85. The normalized spacial score (nSPS) is 11.5. The van der Waals surface area contributed by atoms with Gasteiger partial charge in [-0.1, -0.05) is 36.8 Å². The third kappa shape index (κ3) is 6.62. The molecule has 1 amide bonds. The Balaban J connectivity index is 0.00000289. The smallest absolute Gasteiger partial charge is 0.224 e. The molecular formula is C14H23ClN2O. The standard InChI is InChI=1S/C14H22N2O.ClH/c1-4-15-12(3)10-16-14(17)9-13-7-5-11(2)6-8-13;/h5-8,12,15H,4,9-10H2,1-3H3,(H,16,17);1H/t12-;/m1./s1. The van der Waals surface area contributed by atoms with Crippen LogP contribution in [-0.2, 0) is 11.2 Å². The summed E-state index contributed by atoms with van der Waals surface area (Å²) in [5.74, 6) is 0.0820. The molecule has 0 bridgehead atoms. The van der Waals surface area contributed by atoms with Crippen molar-refractivity contribution in [1.29, 1.82) is 0 Å². The molecule has 1 aromatic carbocycles. The molecule has 0 saturated carbocycles. The zero-order valence-electron chi connectivity index (χ0n) is 11.3. The van der Waals surface area contributed by atoms with E-state index in [0.29, 0.717) is 19.0 Å². The maximum Gasteiger partial charge on any atom is 0.224 e. The van der Waals surface area contributed by atoms with E-state index < -0.39 is 0 Å². The van der Waals surface area contributed by atoms with Gasteiger partial charge in [-0.2, -0.15) is 0 Å². The molecule has 0 aromatic heterocycles. The molecule has 1 atom stereocenters. The number of halogens is 1. The number of rotatable bonds is 6. The van der Waals surface area contributed by atoms with Gasteiger partial charge in [0, 0.05) is 12.6 Å². The van der Waals surface area contributed by atoms with Crippen LogP contribution in [0.5, 0.6) is 0 Å². The molecule has 18 heavy (non-hydrogen) atoms. The van der Waals surface area contributed by atoms with Crippen molar-refractivity contribution in [2.45, 2.75) is 33.2 Å². The SMILES string of the molecule is CCN[C@H](C)CNC(=O)Cc1ccc(C)cc1.Cl. The van der Waals surface area contributed by atoms with Crippen LogP contribution in [0.2, 0.25) is 0 Å². The lowest BCUT2D eigenvalue weighted by molar-refractivity contribution is -0.120. The van der Waals surface area contributed by atoms with Crippen LogP contribution in [0.4, 0.5) is 0 Å². The Morgan fingerprint density at radius 2 is 1.89 bits per heavy atom. The average Bonchev–Trinajstić information content (AvgIpc) is 2.30. The highest BCUT2D eigenvalue weighted by atomic mass is 35.5. The highest BCUT2D eigenvalue weighted by Crippen LogP contribution is 2.03. The first-order valence-corrected chi connectivity index (χ1v) is 6.17. The zero-order chi connectivity index (χ0) is 12.7. The highest BCUT2D eigenvalue weighted by Gasteiger charge is 2.05. The number of aryl methyl sites for hydroxylation is 1. The number of nitrogens with one attached hydrogen (secondary N) is 2. The van der Waals surface area contributed by atoms with Crippen molar-refractivity contribution in [3.63, 3.8) is 0 Å². The Kier molecular flexibility index (Phi) is 8.42. The molecule has 0 heterocycles. The van der Waals surface area contributed by atoms with Crippen LogP contribution in [0.25, 0.3) is 0 Å². The molecule has 2 N–H and O–H groups in total. The van der Waals surface area contributed by atoms with E-state index in [4.69, 9.17) is 0 Å². The van der Waals surface area contributed by atoms with E-state index in [-0.39, 0.29) is 18.3 Å². The van der Waals surface area contributed by atoms with E-state index in [1.807, 2.05) is 31.2 Å². The number of benzene rings is 1. The van der Waals surface area contributed by atoms with E-state index in [1.54, 1.807) is 0 Å². The summed E-state index contributed by atoms with van der Waals surface area (Å²) >= 11 is 0. The van der Waals surface area contributed by atoms with Gasteiger partial charge in [0.15, 0.2) is 0 Å². The van der Waals surface area contributed by atoms with Crippen molar-refractivity contribution >= 4 is 18.3 Å². The van der Waals surface area contributed by atoms with Crippen LogP contribution in [-0.4, -0.2) is 25.0 Å². The van der Waals surface area contributed by atoms with Gasteiger partial charge in [0.1, 0.15) is 0 Å². The predicted molar refractivity (Wildman–Crippen MR) is 78.3 cm³/mol. The van der Waals surface area contributed by atoms with Crippen molar-refractivity contribution in [3.05, 3.63) is 35.4 Å². The van der Waals surface area contributed by atoms with Gasteiger partial charge in [0.2, 0.25) is 5.91 Å². The van der Waals surface area contributed by atoms with Crippen LogP contribution >= 0.6 is 12.4 Å². The van der Waals surface area contributed by atoms with Gasteiger partial charge in [0.25, 0.3) is 0 Å². The maximum atomic E-state index is 11.7. The Bertz CT molecular complexity index is 351. The second-order valence-corrected chi connectivity index (χ2v) is 4.43. The lowest BCUT2D eigenvalue weighted by Crippen LogP contribution is -2.39. The summed E-state index contributed by atoms with van der Waals surface area (Å²) in [6.07, 6.45) is 0.457. The second-order valence-electron chi connectivity index (χ2n) is 4.43. The van der Waals surface area contributed by atoms with Crippen LogP contribution in [0.1, 0.15) is 25.0 Å². The summed E-state index contributed by atoms with van der Waals surface area (Å²) in [5.41, 5.74) is 2.28. The van der Waals surface area contributed by atoms with Gasteiger partial charge in [-0.15, -0.1) is 12.4 Å². The Morgan fingerprint density at radius 3 is 2.44 bits per heavy atom. The summed E-state index contributed by atoms with van der Waals surface area (Å²) in [4.78, 5) is 11.7. The van der Waals surface area contributed by atoms with Gasteiger partial charge in [0.05, 0.1) is 6.42 Å². The molecule has 0 aliphatic carbocycles. The monoisotopic (exact) mass is 270 g/mol. The quantitative estimate of drug-likeness (QED) is 0.831. The molecule has 0 radical (unpaired) electrons. The number of amides is 1. The molecule has 0 aliphatic rings. The zero-order valence-corrected chi connectivity index (χ0v) is 12.1. The van der Waals surface area contributed by atoms with Gasteiger partial charge in [-0.05, 0) is 26.0 Å². The van der Waals surface area contributed by atoms with Crippen LogP contribution < -0.4 is 10.6 Å². The van der Waals surface area contributed by atoms with Gasteiger partial charge in [-0.25, -0.2) is 0 Å². The van der Waals surface area contributed by atoms with Crippen molar-refractivity contribution in [2.75, 3.05) is 13.1 Å². The van der Waals surface area contributed by atoms with Crippen LogP contribution in [0.3, 0.4) is 0 Å². The fourth-order valence-electron chi connectivity index (χ4n) is 1.64. The maximum absolute atomic E-state index is 11.7. The van der Waals surface area contributed by atoms with Gasteiger partial charge < -0.3 is 10.6 Å². The Hall–Kier alpha value is -1.06. The molecular weight excluding hydrogens is 248 g/mol. The van der Waals surface area contributed by atoms with Crippen LogP contribution in [0.15, 0.2) is 24.3 Å². The molecule has 4 heteroatoms. The van der Waals surface area contributed by atoms with Crippen molar-refractivity contribution in [2.24, 2.45) is 0 Å². The minimum atomic E-state index is 0. The topological polar surface area (TPSA) is 41.1 Å². The minimum Gasteiger partial charge on any atom is -0.354 e. The number of hydrogen-bond acceptors (Lipinski definition) is 2. The van der Waals surface area contributed by atoms with Crippen molar-refractivity contribution < 1.29 is 4.79 Å². The Morgan fingerprint density at radius 1 is 1.28 bits per heavy atom. The third-order valence-electron chi connectivity index (χ3n) is 2.64. The molecule has 0 saturated heterocycles. The number of carbonyl (C=O) groups excluding carboxylic acids is 1. The largest absolute Gasteiger partial charge is 0.354 e. The van der Waals surface area contributed by atoms with Gasteiger partial charge >= 0.3 is 0 Å². The molecule has 0 spiro atoms. The van der Waals surface area contributed by atoms with Gasteiger partial charge in [-0.3, -0.25) is 4.79 Å². The molecule has 1 rings (SSSR count). The summed E-state index contributed by atoms with van der Waals surface area (Å²) < 4.78 is 0. The first kappa shape index (κ1) is 16.9. The molecule has 0 unspecified atom stereocenters. The van der Waals surface area contributed by atoms with E-state index in [2.05, 4.69) is 24.5 Å². The molecule has 0 aliphatic heterocycles. The van der Waals surface area contributed by atoms with Crippen LogP contribution in [0, 0.1) is 6.92 Å². The van der Waals surface area contributed by atoms with Crippen molar-refractivity contribution in [1.82, 2.24) is 10.6 Å². The molecule has 0 fully saturated rings. The minimum absolute atomic E-state index is 0. The number of likely N-dealkylation sites (N-methyl/N-ethyl adjacent to an activating group) is 1. The number of carbonyl (C=O) groups is 1. The number of hydrogen-bond donors (Lipinski definition) is 2. The fourth-order valence-corrected chi connectivity index (χ4v) is 1.64.